The van der Waals surface area contributed by atoms with Crippen molar-refractivity contribution in [2.75, 3.05) is 6.54 Å². The van der Waals surface area contributed by atoms with Gasteiger partial charge in [-0.25, -0.2) is 4.79 Å². The van der Waals surface area contributed by atoms with E-state index in [9.17, 15) is 9.59 Å². The van der Waals surface area contributed by atoms with Gasteiger partial charge in [-0.1, -0.05) is 0 Å². The fourth-order valence-electron chi connectivity index (χ4n) is 2.62. The molecule has 0 fully saturated rings. The Morgan fingerprint density at radius 3 is 2.26 bits per heavy atom. The van der Waals surface area contributed by atoms with E-state index in [1.54, 1.807) is 11.5 Å². The monoisotopic (exact) mass is 314 g/mol. The molecule has 122 valence electrons. The van der Waals surface area contributed by atoms with Gasteiger partial charge in [-0.05, 0) is 51.5 Å². The fraction of sp³-hybridized carbons (Fsp3) is 0.412. The van der Waals surface area contributed by atoms with Gasteiger partial charge in [0.05, 0.1) is 6.42 Å². The molecule has 2 aromatic heterocycles. The molecule has 2 rings (SSSR count). The molecule has 0 aliphatic heterocycles. The molecule has 0 bridgehead atoms. The van der Waals surface area contributed by atoms with E-state index >= 15 is 0 Å². The Bertz CT molecular complexity index is 760. The van der Waals surface area contributed by atoms with Gasteiger partial charge in [0.2, 0.25) is 5.91 Å². The lowest BCUT2D eigenvalue weighted by Gasteiger charge is -2.11. The number of carbonyl (C=O) groups is 1. The maximum absolute atomic E-state index is 12.0. The average Bonchev–Trinajstić information content (AvgIpc) is 2.40. The van der Waals surface area contributed by atoms with Crippen molar-refractivity contribution in [3.05, 3.63) is 57.0 Å². The summed E-state index contributed by atoms with van der Waals surface area (Å²) in [5.74, 6) is -0.0687. The van der Waals surface area contributed by atoms with E-state index in [4.69, 9.17) is 0 Å². The van der Waals surface area contributed by atoms with Crippen LogP contribution in [0.2, 0.25) is 0 Å². The molecule has 0 unspecified atom stereocenters. The van der Waals surface area contributed by atoms with Crippen LogP contribution in [0.15, 0.2) is 23.0 Å². The standard InChI is InChI=1S/C17H22N4O2/c1-11-7-14(4)21(17(23)20-11)6-5-18-16(22)10-15-8-12(2)19-13(3)9-15/h7-9H,5-6,10H2,1-4H3,(H,18,22). The van der Waals surface area contributed by atoms with Gasteiger partial charge < -0.3 is 5.32 Å². The van der Waals surface area contributed by atoms with E-state index in [1.165, 1.54) is 0 Å². The number of amides is 1. The van der Waals surface area contributed by atoms with Gasteiger partial charge in [0.1, 0.15) is 0 Å². The highest BCUT2D eigenvalue weighted by Gasteiger charge is 2.06. The molecule has 6 nitrogen and oxygen atoms in total. The fourth-order valence-corrected chi connectivity index (χ4v) is 2.62. The summed E-state index contributed by atoms with van der Waals surface area (Å²) in [5, 5.41) is 2.84. The molecule has 0 spiro atoms. The maximum Gasteiger partial charge on any atom is 0.348 e. The molecule has 1 N–H and O–H groups in total. The third-order valence-electron chi connectivity index (χ3n) is 3.51. The second-order valence-corrected chi connectivity index (χ2v) is 5.76. The van der Waals surface area contributed by atoms with E-state index in [0.717, 1.165) is 22.6 Å². The van der Waals surface area contributed by atoms with Crippen molar-refractivity contribution in [1.82, 2.24) is 19.9 Å². The van der Waals surface area contributed by atoms with Crippen LogP contribution in [0.5, 0.6) is 0 Å². The van der Waals surface area contributed by atoms with E-state index in [1.807, 2.05) is 39.0 Å². The Kier molecular flexibility index (Phi) is 5.26. The molecule has 23 heavy (non-hydrogen) atoms. The molecule has 0 atom stereocenters. The number of rotatable bonds is 5. The number of nitrogens with zero attached hydrogens (tertiary/aromatic N) is 3. The van der Waals surface area contributed by atoms with Gasteiger partial charge in [-0.2, -0.15) is 4.98 Å². The molecule has 2 heterocycles. The minimum absolute atomic E-state index is 0.0687. The zero-order valence-corrected chi connectivity index (χ0v) is 14.0. The summed E-state index contributed by atoms with van der Waals surface area (Å²) in [6.07, 6.45) is 0.310. The van der Waals surface area contributed by atoms with Crippen LogP contribution in [0.4, 0.5) is 0 Å². The summed E-state index contributed by atoms with van der Waals surface area (Å²) in [4.78, 5) is 32.0. The van der Waals surface area contributed by atoms with Crippen molar-refractivity contribution in [1.29, 1.82) is 0 Å². The summed E-state index contributed by atoms with van der Waals surface area (Å²) >= 11 is 0. The van der Waals surface area contributed by atoms with Crippen molar-refractivity contribution in [3.8, 4) is 0 Å². The van der Waals surface area contributed by atoms with Crippen LogP contribution in [-0.2, 0) is 17.8 Å². The average molecular weight is 314 g/mol. The first-order valence-corrected chi connectivity index (χ1v) is 7.61. The van der Waals surface area contributed by atoms with E-state index < -0.39 is 0 Å². The molecular weight excluding hydrogens is 292 g/mol. The molecule has 0 saturated carbocycles. The minimum atomic E-state index is -0.280. The number of aryl methyl sites for hydroxylation is 4. The number of aromatic nitrogens is 3. The molecular formula is C17H22N4O2. The van der Waals surface area contributed by atoms with E-state index in [2.05, 4.69) is 15.3 Å². The number of hydrogen-bond donors (Lipinski definition) is 1. The van der Waals surface area contributed by atoms with Crippen molar-refractivity contribution in [3.63, 3.8) is 0 Å². The first-order valence-electron chi connectivity index (χ1n) is 7.61. The van der Waals surface area contributed by atoms with Crippen LogP contribution in [0.3, 0.4) is 0 Å². The second-order valence-electron chi connectivity index (χ2n) is 5.76. The van der Waals surface area contributed by atoms with Crippen molar-refractivity contribution >= 4 is 5.91 Å². The number of pyridine rings is 1. The minimum Gasteiger partial charge on any atom is -0.354 e. The molecule has 0 aliphatic rings. The lowest BCUT2D eigenvalue weighted by molar-refractivity contribution is -0.120. The van der Waals surface area contributed by atoms with Gasteiger partial charge in [0, 0.05) is 35.9 Å². The smallest absolute Gasteiger partial charge is 0.348 e. The molecule has 0 radical (unpaired) electrons. The molecule has 0 aliphatic carbocycles. The Morgan fingerprint density at radius 1 is 1.04 bits per heavy atom. The number of nitrogens with one attached hydrogen (secondary N) is 1. The zero-order chi connectivity index (χ0) is 17.0. The summed E-state index contributed by atoms with van der Waals surface area (Å²) < 4.78 is 1.56. The highest BCUT2D eigenvalue weighted by Crippen LogP contribution is 2.05. The Hall–Kier alpha value is -2.50. The van der Waals surface area contributed by atoms with Gasteiger partial charge in [0.15, 0.2) is 0 Å². The normalized spacial score (nSPS) is 10.6. The Balaban J connectivity index is 1.91. The Morgan fingerprint density at radius 2 is 1.65 bits per heavy atom. The van der Waals surface area contributed by atoms with Crippen molar-refractivity contribution < 1.29 is 4.79 Å². The van der Waals surface area contributed by atoms with Crippen molar-refractivity contribution in [2.24, 2.45) is 0 Å². The topological polar surface area (TPSA) is 76.9 Å². The maximum atomic E-state index is 12.0. The van der Waals surface area contributed by atoms with Crippen LogP contribution < -0.4 is 11.0 Å². The predicted molar refractivity (Wildman–Crippen MR) is 88.4 cm³/mol. The number of carbonyl (C=O) groups excluding carboxylic acids is 1. The molecule has 2 aromatic rings. The summed E-state index contributed by atoms with van der Waals surface area (Å²) in [7, 11) is 0. The highest BCUT2D eigenvalue weighted by atomic mass is 16.2. The van der Waals surface area contributed by atoms with Gasteiger partial charge >= 0.3 is 5.69 Å². The highest BCUT2D eigenvalue weighted by molar-refractivity contribution is 5.78. The van der Waals surface area contributed by atoms with Crippen LogP contribution in [0.1, 0.15) is 28.3 Å². The Labute approximate surface area is 135 Å². The third kappa shape index (κ3) is 4.74. The molecule has 6 heteroatoms. The number of hydrogen-bond acceptors (Lipinski definition) is 4. The first kappa shape index (κ1) is 16.9. The van der Waals surface area contributed by atoms with Crippen LogP contribution in [0.25, 0.3) is 0 Å². The van der Waals surface area contributed by atoms with Crippen molar-refractivity contribution in [2.45, 2.75) is 40.7 Å². The van der Waals surface area contributed by atoms with Crippen LogP contribution >= 0.6 is 0 Å². The lowest BCUT2D eigenvalue weighted by atomic mass is 10.1. The first-order chi connectivity index (χ1) is 10.8. The quantitative estimate of drug-likeness (QED) is 0.900. The van der Waals surface area contributed by atoms with E-state index in [0.29, 0.717) is 25.2 Å². The van der Waals surface area contributed by atoms with Crippen LogP contribution in [-0.4, -0.2) is 27.0 Å². The summed E-state index contributed by atoms with van der Waals surface area (Å²) in [5.41, 5.74) is 4.02. The lowest BCUT2D eigenvalue weighted by Crippen LogP contribution is -2.33. The summed E-state index contributed by atoms with van der Waals surface area (Å²) in [6, 6.07) is 5.67. The van der Waals surface area contributed by atoms with Crippen LogP contribution in [0, 0.1) is 27.7 Å². The molecule has 0 aromatic carbocycles. The molecule has 1 amide bonds. The molecule has 0 saturated heterocycles. The second kappa shape index (κ2) is 7.17. The predicted octanol–water partition coefficient (Wildman–Crippen LogP) is 1.23. The largest absolute Gasteiger partial charge is 0.354 e. The summed E-state index contributed by atoms with van der Waals surface area (Å²) in [6.45, 7) is 8.28. The van der Waals surface area contributed by atoms with Gasteiger partial charge in [-0.15, -0.1) is 0 Å². The van der Waals surface area contributed by atoms with Gasteiger partial charge in [-0.3, -0.25) is 14.3 Å². The SMILES string of the molecule is Cc1cc(CC(=O)NCCn2c(C)cc(C)nc2=O)cc(C)n1. The van der Waals surface area contributed by atoms with E-state index in [-0.39, 0.29) is 11.6 Å². The zero-order valence-electron chi connectivity index (χ0n) is 14.0. The third-order valence-corrected chi connectivity index (χ3v) is 3.51. The van der Waals surface area contributed by atoms with Gasteiger partial charge in [0.25, 0.3) is 0 Å².